The highest BCUT2D eigenvalue weighted by Gasteiger charge is 2.48. The SMILES string of the molecule is C=C(C)[C@]1(C(=O)N2CCN(c3cccc(C(F)(F)F)c3)CC2)CC[C@@H](NC2CCOCC2COC)C1. The van der Waals surface area contributed by atoms with Crippen LogP contribution in [0.15, 0.2) is 36.4 Å². The van der Waals surface area contributed by atoms with Crippen molar-refractivity contribution in [3.63, 3.8) is 0 Å². The highest BCUT2D eigenvalue weighted by Crippen LogP contribution is 2.46. The third-order valence-electron chi connectivity index (χ3n) is 8.15. The van der Waals surface area contributed by atoms with E-state index in [0.717, 1.165) is 37.5 Å². The van der Waals surface area contributed by atoms with Crippen LogP contribution in [0.5, 0.6) is 0 Å². The Kier molecular flexibility index (Phi) is 8.32. The van der Waals surface area contributed by atoms with E-state index in [9.17, 15) is 18.0 Å². The lowest BCUT2D eigenvalue weighted by atomic mass is 9.78. The summed E-state index contributed by atoms with van der Waals surface area (Å²) in [5.74, 6) is 0.395. The van der Waals surface area contributed by atoms with Gasteiger partial charge < -0.3 is 24.6 Å². The fraction of sp³-hybridized carbons (Fsp3) is 0.667. The summed E-state index contributed by atoms with van der Waals surface area (Å²) in [7, 11) is 1.71. The van der Waals surface area contributed by atoms with Gasteiger partial charge in [0.25, 0.3) is 0 Å². The number of anilines is 1. The summed E-state index contributed by atoms with van der Waals surface area (Å²) < 4.78 is 50.4. The fourth-order valence-electron chi connectivity index (χ4n) is 6.00. The molecular weight excluding hydrogens is 471 g/mol. The Labute approximate surface area is 211 Å². The standard InChI is InChI=1S/C27H38F3N3O3/c1-19(2)26(9-7-22(16-26)31-24-8-14-36-18-20(24)17-35-3)25(34)33-12-10-32(11-13-33)23-6-4-5-21(15-23)27(28,29)30/h4-6,15,20,22,24,31H,1,7-14,16-18H2,2-3H3/t20?,22-,24?,26+/m1/s1. The second kappa shape index (κ2) is 11.1. The lowest BCUT2D eigenvalue weighted by molar-refractivity contribution is -0.140. The van der Waals surface area contributed by atoms with Gasteiger partial charge in [-0.2, -0.15) is 13.2 Å². The minimum Gasteiger partial charge on any atom is -0.384 e. The number of hydrogen-bond acceptors (Lipinski definition) is 5. The summed E-state index contributed by atoms with van der Waals surface area (Å²) in [5.41, 5.74) is 0.176. The van der Waals surface area contributed by atoms with Gasteiger partial charge in [0.15, 0.2) is 0 Å². The van der Waals surface area contributed by atoms with Gasteiger partial charge in [0, 0.05) is 63.6 Å². The van der Waals surface area contributed by atoms with Crippen LogP contribution < -0.4 is 10.2 Å². The van der Waals surface area contributed by atoms with E-state index in [1.165, 1.54) is 12.1 Å². The summed E-state index contributed by atoms with van der Waals surface area (Å²) in [5, 5.41) is 3.79. The van der Waals surface area contributed by atoms with E-state index >= 15 is 0 Å². The number of carbonyl (C=O) groups is 1. The number of alkyl halides is 3. The van der Waals surface area contributed by atoms with Crippen LogP contribution in [0, 0.1) is 11.3 Å². The molecule has 2 aliphatic heterocycles. The number of carbonyl (C=O) groups excluding carboxylic acids is 1. The molecule has 1 saturated carbocycles. The Morgan fingerprint density at radius 2 is 2.00 bits per heavy atom. The first kappa shape index (κ1) is 26.9. The Balaban J connectivity index is 1.38. The number of piperazine rings is 1. The zero-order valence-electron chi connectivity index (χ0n) is 21.3. The van der Waals surface area contributed by atoms with Crippen LogP contribution in [0.1, 0.15) is 38.2 Å². The molecule has 2 saturated heterocycles. The molecule has 36 heavy (non-hydrogen) atoms. The number of nitrogens with zero attached hydrogens (tertiary/aromatic N) is 2. The van der Waals surface area contributed by atoms with Gasteiger partial charge in [-0.3, -0.25) is 4.79 Å². The van der Waals surface area contributed by atoms with E-state index in [1.54, 1.807) is 13.2 Å². The lowest BCUT2D eigenvalue weighted by Crippen LogP contribution is -2.54. The molecule has 6 nitrogen and oxygen atoms in total. The Morgan fingerprint density at radius 1 is 1.25 bits per heavy atom. The fourth-order valence-corrected chi connectivity index (χ4v) is 6.00. The number of benzene rings is 1. The van der Waals surface area contributed by atoms with E-state index in [2.05, 4.69) is 11.9 Å². The maximum atomic E-state index is 13.8. The molecule has 0 spiro atoms. The number of nitrogens with one attached hydrogen (secondary N) is 1. The topological polar surface area (TPSA) is 54.0 Å². The molecule has 3 aliphatic rings. The minimum atomic E-state index is -4.37. The average molecular weight is 510 g/mol. The monoisotopic (exact) mass is 509 g/mol. The van der Waals surface area contributed by atoms with Crippen molar-refractivity contribution in [3.05, 3.63) is 42.0 Å². The van der Waals surface area contributed by atoms with Crippen LogP contribution in [0.25, 0.3) is 0 Å². The maximum absolute atomic E-state index is 13.8. The molecule has 0 aromatic heterocycles. The molecule has 1 amide bonds. The third kappa shape index (κ3) is 5.73. The van der Waals surface area contributed by atoms with E-state index in [4.69, 9.17) is 9.47 Å². The van der Waals surface area contributed by atoms with E-state index in [1.807, 2.05) is 16.7 Å². The highest BCUT2D eigenvalue weighted by atomic mass is 19.4. The van der Waals surface area contributed by atoms with E-state index in [0.29, 0.717) is 63.5 Å². The molecule has 0 radical (unpaired) electrons. The molecule has 0 bridgehead atoms. The van der Waals surface area contributed by atoms with Crippen LogP contribution >= 0.6 is 0 Å². The smallest absolute Gasteiger partial charge is 0.384 e. The van der Waals surface area contributed by atoms with Gasteiger partial charge in [0.05, 0.1) is 24.2 Å². The molecule has 9 heteroatoms. The molecule has 4 atom stereocenters. The molecule has 1 aromatic carbocycles. The summed E-state index contributed by atoms with van der Waals surface area (Å²) in [4.78, 5) is 17.6. The predicted molar refractivity (Wildman–Crippen MR) is 133 cm³/mol. The van der Waals surface area contributed by atoms with Crippen molar-refractivity contribution in [3.8, 4) is 0 Å². The highest BCUT2D eigenvalue weighted by molar-refractivity contribution is 5.86. The minimum absolute atomic E-state index is 0.100. The molecule has 4 rings (SSSR count). The van der Waals surface area contributed by atoms with Gasteiger partial charge in [-0.05, 0) is 50.8 Å². The predicted octanol–water partition coefficient (Wildman–Crippen LogP) is 4.11. The molecular formula is C27H38F3N3O3. The van der Waals surface area contributed by atoms with Crippen LogP contribution in [0.4, 0.5) is 18.9 Å². The Morgan fingerprint density at radius 3 is 2.67 bits per heavy atom. The van der Waals surface area contributed by atoms with Crippen molar-refractivity contribution >= 4 is 11.6 Å². The molecule has 1 aromatic rings. The van der Waals surface area contributed by atoms with Crippen molar-refractivity contribution < 1.29 is 27.4 Å². The number of halogens is 3. The number of amides is 1. The normalized spacial score (nSPS) is 29.4. The molecule has 1 aliphatic carbocycles. The van der Waals surface area contributed by atoms with E-state index in [-0.39, 0.29) is 11.9 Å². The zero-order valence-corrected chi connectivity index (χ0v) is 21.3. The summed E-state index contributed by atoms with van der Waals surface area (Å²) in [6, 6.07) is 5.93. The van der Waals surface area contributed by atoms with Crippen molar-refractivity contribution in [2.75, 3.05) is 58.0 Å². The summed E-state index contributed by atoms with van der Waals surface area (Å²) in [6.07, 6.45) is -1.07. The van der Waals surface area contributed by atoms with Crippen LogP contribution in [0.3, 0.4) is 0 Å². The molecule has 2 heterocycles. The molecule has 200 valence electrons. The number of hydrogen-bond donors (Lipinski definition) is 1. The maximum Gasteiger partial charge on any atom is 0.416 e. The molecule has 3 fully saturated rings. The third-order valence-corrected chi connectivity index (χ3v) is 8.15. The first-order chi connectivity index (χ1) is 17.1. The Bertz CT molecular complexity index is 930. The molecule has 1 N–H and O–H groups in total. The van der Waals surface area contributed by atoms with Gasteiger partial charge in [-0.25, -0.2) is 0 Å². The van der Waals surface area contributed by atoms with Gasteiger partial charge in [0.1, 0.15) is 0 Å². The quantitative estimate of drug-likeness (QED) is 0.561. The second-order valence-electron chi connectivity index (χ2n) is 10.5. The largest absolute Gasteiger partial charge is 0.416 e. The summed E-state index contributed by atoms with van der Waals surface area (Å²) in [6.45, 7) is 10.2. The van der Waals surface area contributed by atoms with Crippen molar-refractivity contribution in [1.29, 1.82) is 0 Å². The second-order valence-corrected chi connectivity index (χ2v) is 10.5. The zero-order chi connectivity index (χ0) is 25.9. The van der Waals surface area contributed by atoms with Crippen molar-refractivity contribution in [2.24, 2.45) is 11.3 Å². The van der Waals surface area contributed by atoms with Gasteiger partial charge in [-0.1, -0.05) is 18.2 Å². The Hall–Kier alpha value is -2.10. The van der Waals surface area contributed by atoms with Crippen LogP contribution in [0.2, 0.25) is 0 Å². The molecule has 2 unspecified atom stereocenters. The average Bonchev–Trinajstić information content (AvgIpc) is 3.30. The van der Waals surface area contributed by atoms with Gasteiger partial charge >= 0.3 is 6.18 Å². The van der Waals surface area contributed by atoms with Crippen LogP contribution in [-0.2, 0) is 20.4 Å². The van der Waals surface area contributed by atoms with Crippen molar-refractivity contribution in [1.82, 2.24) is 10.2 Å². The lowest BCUT2D eigenvalue weighted by Gasteiger charge is -2.41. The number of methoxy groups -OCH3 is 1. The van der Waals surface area contributed by atoms with E-state index < -0.39 is 17.2 Å². The number of rotatable bonds is 7. The number of ether oxygens (including phenoxy) is 2. The van der Waals surface area contributed by atoms with Gasteiger partial charge in [-0.15, -0.1) is 0 Å². The van der Waals surface area contributed by atoms with Crippen molar-refractivity contribution in [2.45, 2.75) is 50.9 Å². The summed E-state index contributed by atoms with van der Waals surface area (Å²) >= 11 is 0. The van der Waals surface area contributed by atoms with Gasteiger partial charge in [0.2, 0.25) is 5.91 Å². The first-order valence-electron chi connectivity index (χ1n) is 12.8. The van der Waals surface area contributed by atoms with Crippen LogP contribution in [-0.4, -0.2) is 76.0 Å². The first-order valence-corrected chi connectivity index (χ1v) is 12.8.